The predicted molar refractivity (Wildman–Crippen MR) is 79.5 cm³/mol. The van der Waals surface area contributed by atoms with E-state index in [1.165, 1.54) is 12.8 Å². The third-order valence-corrected chi connectivity index (χ3v) is 5.43. The average molecular weight is 288 g/mol. The fourth-order valence-corrected chi connectivity index (χ4v) is 3.90. The lowest BCUT2D eigenvalue weighted by Gasteiger charge is -2.40. The standard InChI is InChI=1S/C16H24N4O/c1-2-19-7-8-20(10-14(19)15-17-5-6-18-15)16(21)13-9-12(13)11-3-4-11/h5-6,11-14H,2-4,7-10H2,1H3,(H,17,18)/t12-,13-,14+/m1/s1. The van der Waals surface area contributed by atoms with Gasteiger partial charge in [0, 0.05) is 37.9 Å². The van der Waals surface area contributed by atoms with E-state index in [1.54, 1.807) is 6.20 Å². The second-order valence-electron chi connectivity index (χ2n) is 6.75. The number of imidazole rings is 1. The van der Waals surface area contributed by atoms with Crippen LogP contribution in [0.15, 0.2) is 12.4 Å². The van der Waals surface area contributed by atoms with Gasteiger partial charge >= 0.3 is 0 Å². The molecule has 0 bridgehead atoms. The lowest BCUT2D eigenvalue weighted by atomic mass is 10.1. The van der Waals surface area contributed by atoms with Crippen LogP contribution in [0.25, 0.3) is 0 Å². The largest absolute Gasteiger partial charge is 0.347 e. The number of aromatic nitrogens is 2. The Balaban J connectivity index is 1.44. The Kier molecular flexibility index (Phi) is 3.25. The van der Waals surface area contributed by atoms with Crippen LogP contribution in [-0.2, 0) is 4.79 Å². The zero-order valence-electron chi connectivity index (χ0n) is 12.7. The summed E-state index contributed by atoms with van der Waals surface area (Å²) < 4.78 is 0. The van der Waals surface area contributed by atoms with Crippen molar-refractivity contribution in [1.29, 1.82) is 0 Å². The molecule has 0 unspecified atom stereocenters. The molecule has 3 atom stereocenters. The van der Waals surface area contributed by atoms with E-state index in [0.29, 0.717) is 17.7 Å². The van der Waals surface area contributed by atoms with E-state index in [9.17, 15) is 4.79 Å². The molecule has 1 N–H and O–H groups in total. The van der Waals surface area contributed by atoms with Gasteiger partial charge in [-0.1, -0.05) is 6.92 Å². The molecular weight excluding hydrogens is 264 g/mol. The molecule has 2 saturated carbocycles. The van der Waals surface area contributed by atoms with Gasteiger partial charge in [-0.25, -0.2) is 4.98 Å². The number of rotatable bonds is 4. The Labute approximate surface area is 125 Å². The smallest absolute Gasteiger partial charge is 0.226 e. The van der Waals surface area contributed by atoms with E-state index in [-0.39, 0.29) is 6.04 Å². The summed E-state index contributed by atoms with van der Waals surface area (Å²) in [6.07, 6.45) is 7.52. The molecule has 1 aromatic rings. The van der Waals surface area contributed by atoms with E-state index in [0.717, 1.165) is 44.3 Å². The number of carbonyl (C=O) groups is 1. The summed E-state index contributed by atoms with van der Waals surface area (Å²) in [6, 6.07) is 0.223. The highest BCUT2D eigenvalue weighted by Crippen LogP contribution is 2.55. The Morgan fingerprint density at radius 1 is 1.43 bits per heavy atom. The van der Waals surface area contributed by atoms with E-state index in [1.807, 2.05) is 6.20 Å². The molecule has 2 heterocycles. The Bertz CT molecular complexity index is 510. The SMILES string of the molecule is CCN1CCN(C(=O)[C@@H]2C[C@@H]2C2CC2)C[C@H]1c1ncc[nH]1. The van der Waals surface area contributed by atoms with Gasteiger partial charge in [0.05, 0.1) is 6.04 Å². The van der Waals surface area contributed by atoms with Crippen molar-refractivity contribution in [3.8, 4) is 0 Å². The van der Waals surface area contributed by atoms with Crippen molar-refractivity contribution in [3.63, 3.8) is 0 Å². The van der Waals surface area contributed by atoms with Gasteiger partial charge in [0.15, 0.2) is 0 Å². The molecule has 1 amide bonds. The normalized spacial score (nSPS) is 33.2. The minimum absolute atomic E-state index is 0.223. The van der Waals surface area contributed by atoms with Gasteiger partial charge in [0.1, 0.15) is 5.82 Å². The molecule has 114 valence electrons. The molecule has 0 aromatic carbocycles. The Morgan fingerprint density at radius 2 is 2.29 bits per heavy atom. The number of aromatic amines is 1. The van der Waals surface area contributed by atoms with Crippen molar-refractivity contribution in [2.75, 3.05) is 26.2 Å². The van der Waals surface area contributed by atoms with Gasteiger partial charge in [-0.3, -0.25) is 9.69 Å². The summed E-state index contributed by atoms with van der Waals surface area (Å²) in [6.45, 7) is 5.79. The fraction of sp³-hybridized carbons (Fsp3) is 0.750. The Hall–Kier alpha value is -1.36. The third kappa shape index (κ3) is 2.48. The topological polar surface area (TPSA) is 52.2 Å². The lowest BCUT2D eigenvalue weighted by Crippen LogP contribution is -2.51. The first-order valence-corrected chi connectivity index (χ1v) is 8.30. The highest BCUT2D eigenvalue weighted by Gasteiger charge is 2.52. The van der Waals surface area contributed by atoms with Gasteiger partial charge in [-0.05, 0) is 37.6 Å². The predicted octanol–water partition coefficient (Wildman–Crippen LogP) is 1.66. The molecule has 4 rings (SSSR count). The number of piperazine rings is 1. The molecule has 21 heavy (non-hydrogen) atoms. The first kappa shape index (κ1) is 13.3. The zero-order chi connectivity index (χ0) is 14.4. The van der Waals surface area contributed by atoms with Gasteiger partial charge in [-0.15, -0.1) is 0 Å². The van der Waals surface area contributed by atoms with Crippen LogP contribution in [0.4, 0.5) is 0 Å². The second kappa shape index (κ2) is 5.13. The maximum Gasteiger partial charge on any atom is 0.226 e. The van der Waals surface area contributed by atoms with E-state index in [4.69, 9.17) is 0 Å². The highest BCUT2D eigenvalue weighted by molar-refractivity contribution is 5.82. The van der Waals surface area contributed by atoms with E-state index in [2.05, 4.69) is 26.7 Å². The van der Waals surface area contributed by atoms with Crippen molar-refractivity contribution in [2.45, 2.75) is 32.2 Å². The number of nitrogens with zero attached hydrogens (tertiary/aromatic N) is 3. The molecule has 1 aromatic heterocycles. The number of hydrogen-bond donors (Lipinski definition) is 1. The van der Waals surface area contributed by atoms with Crippen LogP contribution >= 0.6 is 0 Å². The maximum atomic E-state index is 12.7. The molecular formula is C16H24N4O. The molecule has 1 saturated heterocycles. The van der Waals surface area contributed by atoms with E-state index < -0.39 is 0 Å². The molecule has 0 spiro atoms. The van der Waals surface area contributed by atoms with Gasteiger partial charge in [0.2, 0.25) is 5.91 Å². The van der Waals surface area contributed by atoms with Crippen molar-refractivity contribution in [2.24, 2.45) is 17.8 Å². The summed E-state index contributed by atoms with van der Waals surface area (Å²) in [7, 11) is 0. The highest BCUT2D eigenvalue weighted by atomic mass is 16.2. The van der Waals surface area contributed by atoms with Crippen molar-refractivity contribution in [1.82, 2.24) is 19.8 Å². The minimum Gasteiger partial charge on any atom is -0.347 e. The van der Waals surface area contributed by atoms with Crippen molar-refractivity contribution >= 4 is 5.91 Å². The summed E-state index contributed by atoms with van der Waals surface area (Å²) in [5, 5.41) is 0. The molecule has 3 fully saturated rings. The van der Waals surface area contributed by atoms with Crippen LogP contribution < -0.4 is 0 Å². The van der Waals surface area contributed by atoms with Gasteiger partial charge in [0.25, 0.3) is 0 Å². The molecule has 5 heteroatoms. The van der Waals surface area contributed by atoms with Crippen molar-refractivity contribution < 1.29 is 4.79 Å². The minimum atomic E-state index is 0.223. The lowest BCUT2D eigenvalue weighted by molar-refractivity contribution is -0.136. The number of likely N-dealkylation sites (N-methyl/N-ethyl adjacent to an activating group) is 1. The Morgan fingerprint density at radius 3 is 2.95 bits per heavy atom. The maximum absolute atomic E-state index is 12.7. The van der Waals surface area contributed by atoms with Crippen LogP contribution in [0, 0.1) is 17.8 Å². The van der Waals surface area contributed by atoms with Crippen molar-refractivity contribution in [3.05, 3.63) is 18.2 Å². The summed E-state index contributed by atoms with van der Waals surface area (Å²) in [5.41, 5.74) is 0. The molecule has 0 radical (unpaired) electrons. The molecule has 3 aliphatic rings. The zero-order valence-corrected chi connectivity index (χ0v) is 12.7. The van der Waals surface area contributed by atoms with Gasteiger partial charge in [-0.2, -0.15) is 0 Å². The first-order chi connectivity index (χ1) is 10.3. The van der Waals surface area contributed by atoms with Crippen LogP contribution in [0.3, 0.4) is 0 Å². The number of amides is 1. The third-order valence-electron chi connectivity index (χ3n) is 5.43. The second-order valence-corrected chi connectivity index (χ2v) is 6.75. The van der Waals surface area contributed by atoms with Crippen LogP contribution in [0.5, 0.6) is 0 Å². The average Bonchev–Trinajstić information content (AvgIpc) is 3.42. The van der Waals surface area contributed by atoms with Gasteiger partial charge < -0.3 is 9.88 Å². The molecule has 5 nitrogen and oxygen atoms in total. The summed E-state index contributed by atoms with van der Waals surface area (Å²) >= 11 is 0. The number of carbonyl (C=O) groups excluding carboxylic acids is 1. The van der Waals surface area contributed by atoms with Crippen LogP contribution in [0.2, 0.25) is 0 Å². The fourth-order valence-electron chi connectivity index (χ4n) is 3.90. The number of H-pyrrole nitrogens is 1. The molecule has 1 aliphatic heterocycles. The first-order valence-electron chi connectivity index (χ1n) is 8.30. The van der Waals surface area contributed by atoms with Crippen LogP contribution in [0.1, 0.15) is 38.1 Å². The van der Waals surface area contributed by atoms with E-state index >= 15 is 0 Å². The quantitative estimate of drug-likeness (QED) is 0.917. The number of hydrogen-bond acceptors (Lipinski definition) is 3. The number of nitrogens with one attached hydrogen (secondary N) is 1. The summed E-state index contributed by atoms with van der Waals surface area (Å²) in [5.74, 6) is 3.31. The van der Waals surface area contributed by atoms with Crippen LogP contribution in [-0.4, -0.2) is 51.9 Å². The molecule has 2 aliphatic carbocycles. The monoisotopic (exact) mass is 288 g/mol. The summed E-state index contributed by atoms with van der Waals surface area (Å²) in [4.78, 5) is 24.8.